The van der Waals surface area contributed by atoms with E-state index in [0.29, 0.717) is 10.6 Å². The van der Waals surface area contributed by atoms with E-state index in [0.717, 1.165) is 4.90 Å². The molecule has 1 aliphatic carbocycles. The van der Waals surface area contributed by atoms with Crippen LogP contribution in [-0.2, 0) is 19.1 Å². The molecule has 9 heteroatoms. The third kappa shape index (κ3) is 3.01. The number of carbonyl (C=O) groups excluding carboxylic acids is 4. The molecule has 2 heterocycles. The van der Waals surface area contributed by atoms with Gasteiger partial charge in [-0.15, -0.1) is 0 Å². The number of rotatable bonds is 4. The van der Waals surface area contributed by atoms with Gasteiger partial charge in [-0.3, -0.25) is 19.4 Å². The van der Waals surface area contributed by atoms with E-state index in [1.54, 1.807) is 31.2 Å². The standard InChI is InChI=1S/C24H17ClN2O6/c1-2-33-24(32)19-16-15(22(30)27(23(16)31)12-9-7-11(25)8-10-12)18(26-19)17-20(28)13-5-3-4-6-14(13)21(17)29/h3-10,15-16,19,28H,2H2,1H3/t15-,16-,19+/m0/s1. The highest BCUT2D eigenvalue weighted by Gasteiger charge is 2.61. The van der Waals surface area contributed by atoms with Crippen molar-refractivity contribution in [2.45, 2.75) is 13.0 Å². The highest BCUT2D eigenvalue weighted by molar-refractivity contribution is 6.43. The number of benzene rings is 2. The van der Waals surface area contributed by atoms with Crippen molar-refractivity contribution in [2.24, 2.45) is 16.8 Å². The molecule has 1 N–H and O–H groups in total. The predicted octanol–water partition coefficient (Wildman–Crippen LogP) is 3.00. The van der Waals surface area contributed by atoms with Crippen LogP contribution in [0.5, 0.6) is 0 Å². The van der Waals surface area contributed by atoms with Crippen LogP contribution in [0.15, 0.2) is 59.1 Å². The number of esters is 1. The van der Waals surface area contributed by atoms with Gasteiger partial charge in [-0.2, -0.15) is 0 Å². The maximum Gasteiger partial charge on any atom is 0.331 e. The lowest BCUT2D eigenvalue weighted by Crippen LogP contribution is -2.36. The molecule has 0 unspecified atom stereocenters. The Bertz CT molecular complexity index is 1300. The minimum atomic E-state index is -1.31. The van der Waals surface area contributed by atoms with Gasteiger partial charge in [0.1, 0.15) is 5.76 Å². The summed E-state index contributed by atoms with van der Waals surface area (Å²) in [6.07, 6.45) is 0. The van der Waals surface area contributed by atoms with E-state index in [2.05, 4.69) is 4.99 Å². The maximum atomic E-state index is 13.5. The Labute approximate surface area is 193 Å². The predicted molar refractivity (Wildman–Crippen MR) is 119 cm³/mol. The van der Waals surface area contributed by atoms with Gasteiger partial charge in [0.05, 0.1) is 35.4 Å². The fourth-order valence-electron chi connectivity index (χ4n) is 4.60. The molecule has 33 heavy (non-hydrogen) atoms. The molecular formula is C24H17ClN2O6. The number of halogens is 1. The molecule has 2 amide bonds. The van der Waals surface area contributed by atoms with E-state index >= 15 is 0 Å². The lowest BCUT2D eigenvalue weighted by Gasteiger charge is -2.17. The van der Waals surface area contributed by atoms with Gasteiger partial charge in [-0.25, -0.2) is 9.69 Å². The van der Waals surface area contributed by atoms with Gasteiger partial charge in [0.25, 0.3) is 0 Å². The molecule has 0 radical (unpaired) electrons. The lowest BCUT2D eigenvalue weighted by atomic mass is 9.85. The summed E-state index contributed by atoms with van der Waals surface area (Å²) in [7, 11) is 0. The third-order valence-electron chi connectivity index (χ3n) is 6.02. The molecule has 3 aliphatic rings. The summed E-state index contributed by atoms with van der Waals surface area (Å²) in [6.45, 7) is 1.67. The number of ether oxygens (including phenoxy) is 1. The molecular weight excluding hydrogens is 448 g/mol. The number of amides is 2. The van der Waals surface area contributed by atoms with Crippen molar-refractivity contribution in [3.63, 3.8) is 0 Å². The number of ketones is 1. The Kier molecular flexibility index (Phi) is 4.90. The van der Waals surface area contributed by atoms with Crippen LogP contribution in [0.4, 0.5) is 5.69 Å². The van der Waals surface area contributed by atoms with E-state index < -0.39 is 41.4 Å². The van der Waals surface area contributed by atoms with Gasteiger partial charge in [-0.05, 0) is 31.2 Å². The molecule has 0 saturated carbocycles. The number of hydrogen-bond acceptors (Lipinski definition) is 7. The summed E-state index contributed by atoms with van der Waals surface area (Å²) in [4.78, 5) is 57.9. The Morgan fingerprint density at radius 2 is 1.73 bits per heavy atom. The fourth-order valence-corrected chi connectivity index (χ4v) is 4.73. The van der Waals surface area contributed by atoms with Crippen LogP contribution in [-0.4, -0.2) is 47.0 Å². The van der Waals surface area contributed by atoms with Crippen molar-refractivity contribution >= 4 is 52.3 Å². The molecule has 0 spiro atoms. The van der Waals surface area contributed by atoms with Crippen LogP contribution >= 0.6 is 11.6 Å². The van der Waals surface area contributed by atoms with Crippen LogP contribution in [0.3, 0.4) is 0 Å². The molecule has 5 rings (SSSR count). The monoisotopic (exact) mass is 464 g/mol. The molecule has 166 valence electrons. The Morgan fingerprint density at radius 1 is 1.06 bits per heavy atom. The zero-order chi connectivity index (χ0) is 23.4. The number of fused-ring (bicyclic) bond motifs is 2. The highest BCUT2D eigenvalue weighted by Crippen LogP contribution is 2.44. The number of imide groups is 1. The first-order valence-electron chi connectivity index (χ1n) is 10.3. The first-order valence-corrected chi connectivity index (χ1v) is 10.7. The van der Waals surface area contributed by atoms with Crippen molar-refractivity contribution in [1.29, 1.82) is 0 Å². The second-order valence-electron chi connectivity index (χ2n) is 7.80. The molecule has 3 atom stereocenters. The first kappa shape index (κ1) is 21.1. The van der Waals surface area contributed by atoms with Gasteiger partial charge in [0, 0.05) is 16.1 Å². The van der Waals surface area contributed by atoms with E-state index in [9.17, 15) is 24.3 Å². The number of aliphatic hydroxyl groups is 1. The minimum Gasteiger partial charge on any atom is -0.506 e. The van der Waals surface area contributed by atoms with Crippen LogP contribution in [0.1, 0.15) is 22.8 Å². The average molecular weight is 465 g/mol. The van der Waals surface area contributed by atoms with Gasteiger partial charge < -0.3 is 9.84 Å². The van der Waals surface area contributed by atoms with Crippen LogP contribution < -0.4 is 4.90 Å². The van der Waals surface area contributed by atoms with Gasteiger partial charge >= 0.3 is 5.97 Å². The minimum absolute atomic E-state index is 0.0545. The fraction of sp³-hybridized carbons (Fsp3) is 0.208. The zero-order valence-corrected chi connectivity index (χ0v) is 18.1. The summed E-state index contributed by atoms with van der Waals surface area (Å²) in [5.74, 6) is -5.28. The number of Topliss-reactive ketones (excluding diaryl/α,β-unsaturated/α-hetero) is 1. The molecule has 2 aromatic rings. The molecule has 1 fully saturated rings. The van der Waals surface area contributed by atoms with Crippen molar-refractivity contribution in [2.75, 3.05) is 11.5 Å². The van der Waals surface area contributed by atoms with Crippen molar-refractivity contribution < 1.29 is 29.0 Å². The Hall–Kier alpha value is -3.78. The number of allylic oxidation sites excluding steroid dienone is 1. The van der Waals surface area contributed by atoms with Gasteiger partial charge in [0.15, 0.2) is 11.8 Å². The van der Waals surface area contributed by atoms with E-state index in [-0.39, 0.29) is 34.9 Å². The summed E-state index contributed by atoms with van der Waals surface area (Å²) < 4.78 is 5.09. The second-order valence-corrected chi connectivity index (χ2v) is 8.24. The van der Waals surface area contributed by atoms with Crippen molar-refractivity contribution in [3.05, 3.63) is 70.3 Å². The first-order chi connectivity index (χ1) is 15.8. The van der Waals surface area contributed by atoms with Gasteiger partial charge in [-0.1, -0.05) is 35.9 Å². The Balaban J connectivity index is 1.63. The second kappa shape index (κ2) is 7.67. The number of nitrogens with zero attached hydrogens (tertiary/aromatic N) is 2. The highest BCUT2D eigenvalue weighted by atomic mass is 35.5. The third-order valence-corrected chi connectivity index (χ3v) is 6.28. The average Bonchev–Trinajstić information content (AvgIpc) is 3.39. The van der Waals surface area contributed by atoms with Gasteiger partial charge in [0.2, 0.25) is 11.8 Å². The van der Waals surface area contributed by atoms with E-state index in [1.165, 1.54) is 24.3 Å². The maximum absolute atomic E-state index is 13.5. The number of anilines is 1. The number of aliphatic hydroxyl groups excluding tert-OH is 1. The molecule has 8 nitrogen and oxygen atoms in total. The SMILES string of the molecule is CCOC(=O)[C@@H]1N=C(C2=C(O)c3ccccc3C2=O)[C@H]2C(=O)N(c3ccc(Cl)cc3)C(=O)[C@@H]21. The molecule has 2 aromatic carbocycles. The normalized spacial score (nSPS) is 23.7. The topological polar surface area (TPSA) is 113 Å². The summed E-state index contributed by atoms with van der Waals surface area (Å²) in [5, 5.41) is 11.2. The van der Waals surface area contributed by atoms with Crippen molar-refractivity contribution in [3.8, 4) is 0 Å². The quantitative estimate of drug-likeness (QED) is 0.549. The zero-order valence-electron chi connectivity index (χ0n) is 17.3. The molecule has 0 aromatic heterocycles. The van der Waals surface area contributed by atoms with Crippen molar-refractivity contribution in [1.82, 2.24) is 0 Å². The number of carbonyl (C=O) groups is 4. The summed E-state index contributed by atoms with van der Waals surface area (Å²) in [6, 6.07) is 11.2. The molecule has 1 saturated heterocycles. The smallest absolute Gasteiger partial charge is 0.331 e. The molecule has 0 bridgehead atoms. The van der Waals surface area contributed by atoms with Crippen LogP contribution in [0, 0.1) is 11.8 Å². The summed E-state index contributed by atoms with van der Waals surface area (Å²) in [5.41, 5.74) is 0.603. The largest absolute Gasteiger partial charge is 0.506 e. The van der Waals surface area contributed by atoms with Crippen LogP contribution in [0.25, 0.3) is 5.76 Å². The van der Waals surface area contributed by atoms with E-state index in [1.807, 2.05) is 0 Å². The van der Waals surface area contributed by atoms with Crippen LogP contribution in [0.2, 0.25) is 5.02 Å². The van der Waals surface area contributed by atoms with E-state index in [4.69, 9.17) is 16.3 Å². The summed E-state index contributed by atoms with van der Waals surface area (Å²) >= 11 is 5.93. The Morgan fingerprint density at radius 3 is 2.36 bits per heavy atom. The molecule has 2 aliphatic heterocycles. The number of aliphatic imine (C=N–C) groups is 1. The lowest BCUT2D eigenvalue weighted by molar-refractivity contribution is -0.147. The number of hydrogen-bond donors (Lipinski definition) is 1.